The molecule has 2 rings (SSSR count). The molecular weight excluding hydrogens is 267 g/mol. The molecule has 4 heteroatoms. The molecule has 0 radical (unpaired) electrons. The fourth-order valence-electron chi connectivity index (χ4n) is 2.57. The Morgan fingerprint density at radius 3 is 2.57 bits per heavy atom. The van der Waals surface area contributed by atoms with Gasteiger partial charge in [0.25, 0.3) is 0 Å². The number of nitrogens with two attached hydrogens (primary N) is 1. The van der Waals surface area contributed by atoms with E-state index in [1.54, 1.807) is 13.2 Å². The van der Waals surface area contributed by atoms with Crippen molar-refractivity contribution in [1.82, 2.24) is 5.43 Å². The van der Waals surface area contributed by atoms with Crippen LogP contribution in [0.2, 0.25) is 0 Å². The Morgan fingerprint density at radius 2 is 1.95 bits per heavy atom. The van der Waals surface area contributed by atoms with Gasteiger partial charge in [0.2, 0.25) is 0 Å². The van der Waals surface area contributed by atoms with Gasteiger partial charge in [-0.2, -0.15) is 0 Å². The van der Waals surface area contributed by atoms with Crippen LogP contribution < -0.4 is 16.0 Å². The molecule has 112 valence electrons. The molecule has 2 aromatic rings. The van der Waals surface area contributed by atoms with E-state index in [2.05, 4.69) is 11.5 Å². The zero-order valence-electron chi connectivity index (χ0n) is 12.6. The number of hydrogen-bond donors (Lipinski definition) is 2. The Hall–Kier alpha value is -1.91. The molecule has 0 aliphatic heterocycles. The smallest absolute Gasteiger partial charge is 0.123 e. The molecule has 0 saturated carbocycles. The summed E-state index contributed by atoms with van der Waals surface area (Å²) in [4.78, 5) is 0. The highest BCUT2D eigenvalue weighted by Crippen LogP contribution is 2.28. The lowest BCUT2D eigenvalue weighted by atomic mass is 9.94. The van der Waals surface area contributed by atoms with E-state index in [4.69, 9.17) is 10.6 Å². The normalized spacial score (nSPS) is 12.2. The maximum Gasteiger partial charge on any atom is 0.123 e. The van der Waals surface area contributed by atoms with Gasteiger partial charge >= 0.3 is 0 Å². The molecule has 3 nitrogen and oxygen atoms in total. The highest BCUT2D eigenvalue weighted by Gasteiger charge is 2.15. The summed E-state index contributed by atoms with van der Waals surface area (Å²) < 4.78 is 18.6. The fourth-order valence-corrected chi connectivity index (χ4v) is 2.57. The van der Waals surface area contributed by atoms with Crippen LogP contribution >= 0.6 is 0 Å². The van der Waals surface area contributed by atoms with E-state index < -0.39 is 0 Å². The minimum Gasteiger partial charge on any atom is -0.496 e. The van der Waals surface area contributed by atoms with Gasteiger partial charge in [0.05, 0.1) is 13.2 Å². The van der Waals surface area contributed by atoms with Crippen molar-refractivity contribution in [1.29, 1.82) is 0 Å². The van der Waals surface area contributed by atoms with Crippen molar-refractivity contribution in [2.75, 3.05) is 7.11 Å². The van der Waals surface area contributed by atoms with Crippen LogP contribution in [0.4, 0.5) is 4.39 Å². The van der Waals surface area contributed by atoms with E-state index in [0.29, 0.717) is 6.42 Å². The molecule has 0 aliphatic rings. The second-order valence-electron chi connectivity index (χ2n) is 5.23. The summed E-state index contributed by atoms with van der Waals surface area (Å²) in [6.45, 7) is 4.02. The van der Waals surface area contributed by atoms with Crippen molar-refractivity contribution < 1.29 is 9.13 Å². The molecule has 0 fully saturated rings. The summed E-state index contributed by atoms with van der Waals surface area (Å²) in [5, 5.41) is 0. The quantitative estimate of drug-likeness (QED) is 0.656. The first kappa shape index (κ1) is 15.5. The summed E-state index contributed by atoms with van der Waals surface area (Å²) >= 11 is 0. The van der Waals surface area contributed by atoms with Gasteiger partial charge in [-0.15, -0.1) is 0 Å². The molecule has 21 heavy (non-hydrogen) atoms. The second-order valence-corrected chi connectivity index (χ2v) is 5.23. The molecule has 0 bridgehead atoms. The number of ether oxygens (including phenoxy) is 1. The van der Waals surface area contributed by atoms with Crippen LogP contribution in [0.3, 0.4) is 0 Å². The molecule has 0 aliphatic carbocycles. The van der Waals surface area contributed by atoms with Crippen LogP contribution in [-0.2, 0) is 6.42 Å². The Bertz CT molecular complexity index is 628. The van der Waals surface area contributed by atoms with Crippen LogP contribution in [0, 0.1) is 19.7 Å². The fraction of sp³-hybridized carbons (Fsp3) is 0.294. The molecule has 1 atom stereocenters. The lowest BCUT2D eigenvalue weighted by Crippen LogP contribution is -2.30. The zero-order chi connectivity index (χ0) is 15.4. The van der Waals surface area contributed by atoms with Gasteiger partial charge in [-0.05, 0) is 60.7 Å². The van der Waals surface area contributed by atoms with Crippen LogP contribution in [0.25, 0.3) is 0 Å². The third-order valence-electron chi connectivity index (χ3n) is 3.69. The standard InChI is InChI=1S/C17H21FN2O/c1-11-8-17(21-3)12(2)7-15(11)16(20-19)10-13-5-4-6-14(18)9-13/h4-9,16,20H,10,19H2,1-3H3. The van der Waals surface area contributed by atoms with E-state index in [-0.39, 0.29) is 11.9 Å². The number of rotatable bonds is 5. The third kappa shape index (κ3) is 3.60. The highest BCUT2D eigenvalue weighted by molar-refractivity contribution is 5.43. The minimum atomic E-state index is -0.231. The van der Waals surface area contributed by atoms with E-state index in [1.807, 2.05) is 26.0 Å². The molecule has 3 N–H and O–H groups in total. The molecule has 0 amide bonds. The van der Waals surface area contributed by atoms with Gasteiger partial charge < -0.3 is 4.74 Å². The van der Waals surface area contributed by atoms with Crippen LogP contribution in [0.5, 0.6) is 5.75 Å². The van der Waals surface area contributed by atoms with E-state index in [0.717, 1.165) is 28.0 Å². The number of aryl methyl sites for hydroxylation is 2. The van der Waals surface area contributed by atoms with Gasteiger partial charge in [0.1, 0.15) is 11.6 Å². The predicted molar refractivity (Wildman–Crippen MR) is 82.6 cm³/mol. The molecule has 0 aromatic heterocycles. The Morgan fingerprint density at radius 1 is 1.19 bits per heavy atom. The van der Waals surface area contributed by atoms with Crippen molar-refractivity contribution in [2.45, 2.75) is 26.3 Å². The summed E-state index contributed by atoms with van der Waals surface area (Å²) in [6.07, 6.45) is 0.626. The lowest BCUT2D eigenvalue weighted by molar-refractivity contribution is 0.410. The molecule has 1 unspecified atom stereocenters. The Labute approximate surface area is 124 Å². The number of nitrogens with one attached hydrogen (secondary N) is 1. The highest BCUT2D eigenvalue weighted by atomic mass is 19.1. The molecule has 0 spiro atoms. The van der Waals surface area contributed by atoms with Crippen LogP contribution in [-0.4, -0.2) is 7.11 Å². The molecule has 2 aromatic carbocycles. The Kier molecular flexibility index (Phi) is 4.94. The SMILES string of the molecule is COc1cc(C)c(C(Cc2cccc(F)c2)NN)cc1C. The lowest BCUT2D eigenvalue weighted by Gasteiger charge is -2.20. The van der Waals surface area contributed by atoms with Crippen molar-refractivity contribution in [2.24, 2.45) is 5.84 Å². The minimum absolute atomic E-state index is 0.0728. The largest absolute Gasteiger partial charge is 0.496 e. The summed E-state index contributed by atoms with van der Waals surface area (Å²) in [5.41, 5.74) is 6.98. The van der Waals surface area contributed by atoms with Crippen molar-refractivity contribution in [3.63, 3.8) is 0 Å². The zero-order valence-corrected chi connectivity index (χ0v) is 12.6. The van der Waals surface area contributed by atoms with Crippen molar-refractivity contribution >= 4 is 0 Å². The number of methoxy groups -OCH3 is 1. The van der Waals surface area contributed by atoms with Crippen LogP contribution in [0.15, 0.2) is 36.4 Å². The monoisotopic (exact) mass is 288 g/mol. The van der Waals surface area contributed by atoms with Gasteiger partial charge in [-0.25, -0.2) is 4.39 Å². The van der Waals surface area contributed by atoms with Crippen LogP contribution in [0.1, 0.15) is 28.3 Å². The average molecular weight is 288 g/mol. The van der Waals surface area contributed by atoms with Crippen molar-refractivity contribution in [3.05, 3.63) is 64.5 Å². The topological polar surface area (TPSA) is 47.3 Å². The number of halogens is 1. The Balaban J connectivity index is 2.31. The number of benzene rings is 2. The maximum atomic E-state index is 13.3. The first-order valence-corrected chi connectivity index (χ1v) is 6.91. The first-order valence-electron chi connectivity index (χ1n) is 6.91. The van der Waals surface area contributed by atoms with Gasteiger partial charge in [-0.1, -0.05) is 18.2 Å². The maximum absolute atomic E-state index is 13.3. The van der Waals surface area contributed by atoms with Gasteiger partial charge in [-0.3, -0.25) is 11.3 Å². The van der Waals surface area contributed by atoms with Gasteiger partial charge in [0.15, 0.2) is 0 Å². The van der Waals surface area contributed by atoms with Gasteiger partial charge in [0, 0.05) is 0 Å². The van der Waals surface area contributed by atoms with E-state index in [1.165, 1.54) is 12.1 Å². The average Bonchev–Trinajstić information content (AvgIpc) is 2.47. The first-order chi connectivity index (χ1) is 10.0. The number of hydrazine groups is 1. The third-order valence-corrected chi connectivity index (χ3v) is 3.69. The van der Waals surface area contributed by atoms with E-state index in [9.17, 15) is 4.39 Å². The summed E-state index contributed by atoms with van der Waals surface area (Å²) in [6, 6.07) is 10.6. The van der Waals surface area contributed by atoms with Crippen molar-refractivity contribution in [3.8, 4) is 5.75 Å². The molecular formula is C17H21FN2O. The predicted octanol–water partition coefficient (Wildman–Crippen LogP) is 3.20. The molecule has 0 heterocycles. The summed E-state index contributed by atoms with van der Waals surface area (Å²) in [5.74, 6) is 6.33. The molecule has 0 saturated heterocycles. The van der Waals surface area contributed by atoms with E-state index >= 15 is 0 Å². The second kappa shape index (κ2) is 6.70. The number of hydrogen-bond acceptors (Lipinski definition) is 3. The summed E-state index contributed by atoms with van der Waals surface area (Å²) in [7, 11) is 1.66.